The van der Waals surface area contributed by atoms with Gasteiger partial charge in [-0.1, -0.05) is 29.8 Å². The van der Waals surface area contributed by atoms with Crippen molar-refractivity contribution in [3.63, 3.8) is 0 Å². The number of aromatic nitrogens is 2. The minimum absolute atomic E-state index is 0.311. The maximum absolute atomic E-state index is 10.3. The average molecular weight is 306 g/mol. The first-order valence-electron chi connectivity index (χ1n) is 7.38. The van der Waals surface area contributed by atoms with Crippen LogP contribution in [0, 0.1) is 0 Å². The second-order valence-corrected chi connectivity index (χ2v) is 5.96. The van der Waals surface area contributed by atoms with E-state index in [1.54, 1.807) is 10.9 Å². The number of nitrogens with zero attached hydrogens (tertiary/aromatic N) is 3. The van der Waals surface area contributed by atoms with Crippen LogP contribution >= 0.6 is 11.6 Å². The Balaban J connectivity index is 1.65. The lowest BCUT2D eigenvalue weighted by Gasteiger charge is -2.27. The third-order valence-electron chi connectivity index (χ3n) is 4.03. The molecule has 0 spiro atoms. The Bertz CT molecular complexity index is 573. The summed E-state index contributed by atoms with van der Waals surface area (Å²) in [6, 6.07) is 10.2. The third-order valence-corrected chi connectivity index (χ3v) is 4.37. The van der Waals surface area contributed by atoms with E-state index >= 15 is 0 Å². The van der Waals surface area contributed by atoms with Crippen LogP contribution in [-0.2, 0) is 6.54 Å². The minimum atomic E-state index is -0.423. The van der Waals surface area contributed by atoms with Crippen LogP contribution in [-0.4, -0.2) is 39.0 Å². The van der Waals surface area contributed by atoms with E-state index in [9.17, 15) is 5.11 Å². The largest absolute Gasteiger partial charge is 0.390 e. The molecule has 1 aliphatic heterocycles. The highest BCUT2D eigenvalue weighted by Crippen LogP contribution is 2.35. The fourth-order valence-electron chi connectivity index (χ4n) is 3.10. The van der Waals surface area contributed by atoms with Crippen molar-refractivity contribution in [2.24, 2.45) is 0 Å². The van der Waals surface area contributed by atoms with Gasteiger partial charge in [0.25, 0.3) is 0 Å². The third kappa shape index (κ3) is 3.46. The van der Waals surface area contributed by atoms with Gasteiger partial charge in [0, 0.05) is 30.0 Å². The molecular weight excluding hydrogens is 286 g/mol. The lowest BCUT2D eigenvalue weighted by molar-refractivity contribution is 0.0891. The highest BCUT2D eigenvalue weighted by atomic mass is 35.5. The molecule has 2 atom stereocenters. The van der Waals surface area contributed by atoms with Gasteiger partial charge in [-0.25, -0.2) is 0 Å². The van der Waals surface area contributed by atoms with E-state index in [2.05, 4.69) is 16.1 Å². The normalized spacial score (nSPS) is 20.8. The molecule has 0 radical (unpaired) electrons. The fraction of sp³-hybridized carbons (Fsp3) is 0.438. The van der Waals surface area contributed by atoms with E-state index < -0.39 is 6.10 Å². The number of halogens is 1. The molecule has 1 N–H and O–H groups in total. The van der Waals surface area contributed by atoms with Gasteiger partial charge in [0.1, 0.15) is 0 Å². The Morgan fingerprint density at radius 2 is 2.14 bits per heavy atom. The monoisotopic (exact) mass is 305 g/mol. The van der Waals surface area contributed by atoms with Gasteiger partial charge in [-0.15, -0.1) is 0 Å². The van der Waals surface area contributed by atoms with Crippen LogP contribution in [0.5, 0.6) is 0 Å². The van der Waals surface area contributed by atoms with Crippen molar-refractivity contribution in [1.29, 1.82) is 0 Å². The molecule has 1 aromatic carbocycles. The van der Waals surface area contributed by atoms with Crippen LogP contribution < -0.4 is 0 Å². The summed E-state index contributed by atoms with van der Waals surface area (Å²) in [6.45, 7) is 2.18. The first kappa shape index (κ1) is 14.6. The molecule has 0 aliphatic carbocycles. The molecule has 1 aromatic heterocycles. The Hall–Kier alpha value is -1.36. The summed E-state index contributed by atoms with van der Waals surface area (Å²) < 4.78 is 1.77. The smallest absolute Gasteiger partial charge is 0.0862 e. The number of aliphatic hydroxyl groups is 1. The van der Waals surface area contributed by atoms with Crippen LogP contribution in [0.4, 0.5) is 0 Å². The lowest BCUT2D eigenvalue weighted by atomic mass is 10.0. The molecule has 0 saturated carbocycles. The van der Waals surface area contributed by atoms with Crippen molar-refractivity contribution in [1.82, 2.24) is 14.7 Å². The SMILES string of the molecule is O[C@H](CN1CCC[C@H]1c1ccccc1Cl)Cn1cccn1. The number of hydrogen-bond acceptors (Lipinski definition) is 3. The van der Waals surface area contributed by atoms with Crippen LogP contribution in [0.25, 0.3) is 0 Å². The Labute approximate surface area is 130 Å². The van der Waals surface area contributed by atoms with Crippen LogP contribution in [0.15, 0.2) is 42.7 Å². The number of likely N-dealkylation sites (tertiary alicyclic amines) is 1. The molecule has 0 bridgehead atoms. The van der Waals surface area contributed by atoms with E-state index in [1.165, 1.54) is 5.56 Å². The first-order chi connectivity index (χ1) is 10.2. The van der Waals surface area contributed by atoms with Gasteiger partial charge in [0.05, 0.1) is 12.6 Å². The molecule has 3 rings (SSSR count). The van der Waals surface area contributed by atoms with Crippen LogP contribution in [0.3, 0.4) is 0 Å². The summed E-state index contributed by atoms with van der Waals surface area (Å²) in [5.74, 6) is 0. The molecule has 112 valence electrons. The van der Waals surface area contributed by atoms with Crippen molar-refractivity contribution in [2.45, 2.75) is 31.5 Å². The van der Waals surface area contributed by atoms with Gasteiger partial charge in [-0.3, -0.25) is 9.58 Å². The predicted octanol–water partition coefficient (Wildman–Crippen LogP) is 2.73. The zero-order chi connectivity index (χ0) is 14.7. The molecule has 2 aromatic rings. The average Bonchev–Trinajstić information content (AvgIpc) is 3.11. The maximum atomic E-state index is 10.3. The number of benzene rings is 1. The van der Waals surface area contributed by atoms with E-state index in [0.717, 1.165) is 24.4 Å². The zero-order valence-corrected chi connectivity index (χ0v) is 12.7. The number of rotatable bonds is 5. The summed E-state index contributed by atoms with van der Waals surface area (Å²) in [7, 11) is 0. The Morgan fingerprint density at radius 1 is 1.29 bits per heavy atom. The fourth-order valence-corrected chi connectivity index (χ4v) is 3.36. The van der Waals surface area contributed by atoms with Gasteiger partial charge in [-0.05, 0) is 37.1 Å². The molecule has 0 unspecified atom stereocenters. The first-order valence-corrected chi connectivity index (χ1v) is 7.76. The molecule has 21 heavy (non-hydrogen) atoms. The van der Waals surface area contributed by atoms with Crippen molar-refractivity contribution in [2.75, 3.05) is 13.1 Å². The summed E-state index contributed by atoms with van der Waals surface area (Å²) in [6.07, 6.45) is 5.42. The molecule has 1 saturated heterocycles. The Morgan fingerprint density at radius 3 is 2.90 bits per heavy atom. The lowest BCUT2D eigenvalue weighted by Crippen LogP contribution is -2.34. The second-order valence-electron chi connectivity index (χ2n) is 5.56. The van der Waals surface area contributed by atoms with E-state index in [-0.39, 0.29) is 0 Å². The molecule has 5 heteroatoms. The quantitative estimate of drug-likeness (QED) is 0.923. The van der Waals surface area contributed by atoms with Crippen molar-refractivity contribution < 1.29 is 5.11 Å². The molecule has 1 fully saturated rings. The standard InChI is InChI=1S/C16H20ClN3O/c17-15-6-2-1-5-14(15)16-7-3-9-19(16)11-13(21)12-20-10-4-8-18-20/h1-2,4-6,8,10,13,16,21H,3,7,9,11-12H2/t13-,16+/m1/s1. The molecular formula is C16H20ClN3O. The minimum Gasteiger partial charge on any atom is -0.390 e. The molecule has 0 amide bonds. The van der Waals surface area contributed by atoms with E-state index in [1.807, 2.05) is 30.5 Å². The van der Waals surface area contributed by atoms with Gasteiger partial charge >= 0.3 is 0 Å². The summed E-state index contributed by atoms with van der Waals surface area (Å²) in [5.41, 5.74) is 1.17. The molecule has 1 aliphatic rings. The number of aliphatic hydroxyl groups excluding tert-OH is 1. The van der Waals surface area contributed by atoms with Gasteiger partial charge in [0.2, 0.25) is 0 Å². The summed E-state index contributed by atoms with van der Waals surface area (Å²) in [5, 5.41) is 15.2. The van der Waals surface area contributed by atoms with Gasteiger partial charge in [-0.2, -0.15) is 5.10 Å². The van der Waals surface area contributed by atoms with Gasteiger partial charge < -0.3 is 5.11 Å². The van der Waals surface area contributed by atoms with E-state index in [4.69, 9.17) is 11.6 Å². The van der Waals surface area contributed by atoms with E-state index in [0.29, 0.717) is 19.1 Å². The maximum Gasteiger partial charge on any atom is 0.0862 e. The van der Waals surface area contributed by atoms with Crippen molar-refractivity contribution in [3.8, 4) is 0 Å². The topological polar surface area (TPSA) is 41.3 Å². The number of β-amino-alcohol motifs (C(OH)–C–C–N with tert-alkyl or cyclic N) is 1. The van der Waals surface area contributed by atoms with Crippen molar-refractivity contribution in [3.05, 3.63) is 53.3 Å². The molecule has 4 nitrogen and oxygen atoms in total. The summed E-state index contributed by atoms with van der Waals surface area (Å²) >= 11 is 6.32. The van der Waals surface area contributed by atoms with Crippen LogP contribution in [0.2, 0.25) is 5.02 Å². The highest BCUT2D eigenvalue weighted by molar-refractivity contribution is 6.31. The van der Waals surface area contributed by atoms with Gasteiger partial charge in [0.15, 0.2) is 0 Å². The Kier molecular flexibility index (Phi) is 4.58. The molecule has 2 heterocycles. The highest BCUT2D eigenvalue weighted by Gasteiger charge is 2.28. The van der Waals surface area contributed by atoms with Crippen molar-refractivity contribution >= 4 is 11.6 Å². The van der Waals surface area contributed by atoms with Crippen LogP contribution in [0.1, 0.15) is 24.4 Å². The second kappa shape index (κ2) is 6.60. The predicted molar refractivity (Wildman–Crippen MR) is 83.2 cm³/mol. The summed E-state index contributed by atoms with van der Waals surface area (Å²) in [4.78, 5) is 2.33. The number of hydrogen-bond donors (Lipinski definition) is 1. The zero-order valence-electron chi connectivity index (χ0n) is 11.9.